The molecule has 2 N–H and O–H groups in total. The number of aromatic nitrogens is 4. The molecular formula is C15H14N4O. The summed E-state index contributed by atoms with van der Waals surface area (Å²) < 4.78 is 0. The van der Waals surface area contributed by atoms with Gasteiger partial charge in [-0.15, -0.1) is 0 Å². The summed E-state index contributed by atoms with van der Waals surface area (Å²) in [7, 11) is 0. The van der Waals surface area contributed by atoms with E-state index in [-0.39, 0.29) is 5.75 Å². The fourth-order valence-electron chi connectivity index (χ4n) is 2.23. The molecule has 0 saturated carbocycles. The number of rotatable bonds is 2. The van der Waals surface area contributed by atoms with Gasteiger partial charge < -0.3 is 5.11 Å². The number of hydrogen-bond donors (Lipinski definition) is 2. The molecule has 2 aromatic heterocycles. The van der Waals surface area contributed by atoms with Gasteiger partial charge in [-0.2, -0.15) is 5.10 Å². The quantitative estimate of drug-likeness (QED) is 0.748. The van der Waals surface area contributed by atoms with E-state index < -0.39 is 0 Å². The predicted octanol–water partition coefficient (Wildman–Crippen LogP) is 2.86. The van der Waals surface area contributed by atoms with Crippen molar-refractivity contribution in [2.75, 3.05) is 0 Å². The Morgan fingerprint density at radius 2 is 2.00 bits per heavy atom. The molecular weight excluding hydrogens is 252 g/mol. The Balaban J connectivity index is 2.21. The van der Waals surface area contributed by atoms with Gasteiger partial charge >= 0.3 is 0 Å². The van der Waals surface area contributed by atoms with Gasteiger partial charge in [0.15, 0.2) is 0 Å². The maximum absolute atomic E-state index is 9.98. The van der Waals surface area contributed by atoms with E-state index in [2.05, 4.69) is 20.2 Å². The molecule has 5 heteroatoms. The third kappa shape index (κ3) is 2.03. The van der Waals surface area contributed by atoms with Crippen molar-refractivity contribution in [3.8, 4) is 28.3 Å². The van der Waals surface area contributed by atoms with Crippen LogP contribution >= 0.6 is 0 Å². The Labute approximate surface area is 116 Å². The molecule has 2 heterocycles. The summed E-state index contributed by atoms with van der Waals surface area (Å²) in [6.07, 6.45) is 5.00. The molecule has 3 rings (SSSR count). The van der Waals surface area contributed by atoms with Gasteiger partial charge in [0.05, 0.1) is 5.69 Å². The molecule has 5 nitrogen and oxygen atoms in total. The summed E-state index contributed by atoms with van der Waals surface area (Å²) in [4.78, 5) is 8.17. The monoisotopic (exact) mass is 266 g/mol. The van der Waals surface area contributed by atoms with E-state index in [4.69, 9.17) is 0 Å². The number of benzene rings is 1. The number of aryl methyl sites for hydroxylation is 1. The maximum atomic E-state index is 9.98. The van der Waals surface area contributed by atoms with Crippen molar-refractivity contribution in [1.82, 2.24) is 20.2 Å². The van der Waals surface area contributed by atoms with Crippen molar-refractivity contribution in [1.29, 1.82) is 0 Å². The minimum Gasteiger partial charge on any atom is -0.508 e. The number of nitrogens with one attached hydrogen (secondary N) is 1. The Bertz CT molecular complexity index is 750. The molecule has 0 atom stereocenters. The van der Waals surface area contributed by atoms with Crippen molar-refractivity contribution in [3.63, 3.8) is 0 Å². The van der Waals surface area contributed by atoms with Gasteiger partial charge in [-0.05, 0) is 37.6 Å². The molecule has 0 aliphatic heterocycles. The van der Waals surface area contributed by atoms with Crippen LogP contribution in [0.5, 0.6) is 5.75 Å². The zero-order valence-corrected chi connectivity index (χ0v) is 11.3. The number of nitrogens with zero attached hydrogens (tertiary/aromatic N) is 3. The number of aromatic amines is 1. The van der Waals surface area contributed by atoms with Crippen molar-refractivity contribution in [2.24, 2.45) is 0 Å². The molecule has 0 bridgehead atoms. The van der Waals surface area contributed by atoms with Crippen molar-refractivity contribution in [3.05, 3.63) is 48.0 Å². The van der Waals surface area contributed by atoms with Gasteiger partial charge in [-0.1, -0.05) is 0 Å². The van der Waals surface area contributed by atoms with Gasteiger partial charge in [-0.3, -0.25) is 5.10 Å². The summed E-state index contributed by atoms with van der Waals surface area (Å²) in [5.74, 6) is 0.275. The first-order valence-electron chi connectivity index (χ1n) is 6.27. The van der Waals surface area contributed by atoms with Crippen LogP contribution in [0, 0.1) is 13.8 Å². The second-order valence-electron chi connectivity index (χ2n) is 4.70. The molecule has 0 spiro atoms. The van der Waals surface area contributed by atoms with Crippen molar-refractivity contribution in [2.45, 2.75) is 13.8 Å². The average Bonchev–Trinajstić information content (AvgIpc) is 2.93. The number of hydrogen-bond acceptors (Lipinski definition) is 4. The van der Waals surface area contributed by atoms with Crippen LogP contribution in [0.25, 0.3) is 22.5 Å². The van der Waals surface area contributed by atoms with Crippen LogP contribution in [0.4, 0.5) is 0 Å². The second kappa shape index (κ2) is 4.77. The summed E-state index contributed by atoms with van der Waals surface area (Å²) in [5.41, 5.74) is 5.15. The summed E-state index contributed by atoms with van der Waals surface area (Å²) in [5, 5.41) is 17.2. The highest BCUT2D eigenvalue weighted by atomic mass is 16.3. The van der Waals surface area contributed by atoms with E-state index in [0.717, 1.165) is 33.6 Å². The smallest absolute Gasteiger partial charge is 0.119 e. The molecule has 0 radical (unpaired) electrons. The van der Waals surface area contributed by atoms with E-state index in [0.29, 0.717) is 0 Å². The second-order valence-corrected chi connectivity index (χ2v) is 4.70. The summed E-state index contributed by atoms with van der Waals surface area (Å²) in [6.45, 7) is 3.82. The fourth-order valence-corrected chi connectivity index (χ4v) is 2.23. The van der Waals surface area contributed by atoms with Crippen LogP contribution in [0.3, 0.4) is 0 Å². The van der Waals surface area contributed by atoms with Crippen LogP contribution in [0.15, 0.2) is 36.9 Å². The topological polar surface area (TPSA) is 74.7 Å². The van der Waals surface area contributed by atoms with Gasteiger partial charge in [-0.25, -0.2) is 9.97 Å². The minimum atomic E-state index is 0.275. The number of phenolic OH excluding ortho intramolecular Hbond substituents is 1. The molecule has 100 valence electrons. The highest BCUT2D eigenvalue weighted by Crippen LogP contribution is 2.34. The number of aromatic hydroxyl groups is 1. The molecule has 1 aromatic carbocycles. The lowest BCUT2D eigenvalue weighted by atomic mass is 9.98. The molecule has 0 unspecified atom stereocenters. The standard InChI is InChI=1S/C15H14N4O/c1-9-5-11(10(2)14(20)6-9)15-12(7-18-19-15)13-3-4-16-8-17-13/h3-8,20H,1-2H3,(H,18,19). The number of phenols is 1. The van der Waals surface area contributed by atoms with Crippen molar-refractivity contribution >= 4 is 0 Å². The molecule has 0 aliphatic carbocycles. The van der Waals surface area contributed by atoms with E-state index >= 15 is 0 Å². The van der Waals surface area contributed by atoms with E-state index in [1.807, 2.05) is 26.0 Å². The van der Waals surface area contributed by atoms with Gasteiger partial charge in [0.2, 0.25) is 0 Å². The zero-order valence-electron chi connectivity index (χ0n) is 11.3. The maximum Gasteiger partial charge on any atom is 0.119 e. The lowest BCUT2D eigenvalue weighted by Gasteiger charge is -2.09. The lowest BCUT2D eigenvalue weighted by Crippen LogP contribution is -1.90. The molecule has 3 aromatic rings. The Morgan fingerprint density at radius 3 is 2.75 bits per heavy atom. The van der Waals surface area contributed by atoms with E-state index in [1.165, 1.54) is 6.33 Å². The molecule has 0 fully saturated rings. The SMILES string of the molecule is Cc1cc(O)c(C)c(-c2n[nH]cc2-c2ccncn2)c1. The first-order valence-corrected chi connectivity index (χ1v) is 6.27. The average molecular weight is 266 g/mol. The molecule has 0 aliphatic rings. The Kier molecular flexibility index (Phi) is 2.95. The largest absolute Gasteiger partial charge is 0.508 e. The minimum absolute atomic E-state index is 0.275. The molecule has 0 saturated heterocycles. The van der Waals surface area contributed by atoms with Gasteiger partial charge in [0, 0.05) is 29.1 Å². The molecule has 20 heavy (non-hydrogen) atoms. The highest BCUT2D eigenvalue weighted by Gasteiger charge is 2.15. The normalized spacial score (nSPS) is 10.7. The Hall–Kier alpha value is -2.69. The van der Waals surface area contributed by atoms with Gasteiger partial charge in [0.1, 0.15) is 17.8 Å². The van der Waals surface area contributed by atoms with Crippen molar-refractivity contribution < 1.29 is 5.11 Å². The third-order valence-electron chi connectivity index (χ3n) is 3.28. The zero-order chi connectivity index (χ0) is 14.1. The lowest BCUT2D eigenvalue weighted by molar-refractivity contribution is 0.471. The highest BCUT2D eigenvalue weighted by molar-refractivity contribution is 5.81. The first-order chi connectivity index (χ1) is 9.66. The third-order valence-corrected chi connectivity index (χ3v) is 3.28. The van der Waals surface area contributed by atoms with Crippen LogP contribution in [-0.2, 0) is 0 Å². The van der Waals surface area contributed by atoms with E-state index in [1.54, 1.807) is 18.5 Å². The van der Waals surface area contributed by atoms with Crippen LogP contribution in [-0.4, -0.2) is 25.3 Å². The molecule has 0 amide bonds. The first kappa shape index (κ1) is 12.3. The van der Waals surface area contributed by atoms with Crippen LogP contribution < -0.4 is 0 Å². The van der Waals surface area contributed by atoms with Gasteiger partial charge in [0.25, 0.3) is 0 Å². The van der Waals surface area contributed by atoms with Crippen LogP contribution in [0.2, 0.25) is 0 Å². The summed E-state index contributed by atoms with van der Waals surface area (Å²) >= 11 is 0. The van der Waals surface area contributed by atoms with Crippen LogP contribution in [0.1, 0.15) is 11.1 Å². The fraction of sp³-hybridized carbons (Fsp3) is 0.133. The Morgan fingerprint density at radius 1 is 1.15 bits per heavy atom. The van der Waals surface area contributed by atoms with E-state index in [9.17, 15) is 5.11 Å². The number of H-pyrrole nitrogens is 1. The summed E-state index contributed by atoms with van der Waals surface area (Å²) in [6, 6.07) is 5.59. The predicted molar refractivity (Wildman–Crippen MR) is 76.2 cm³/mol.